The van der Waals surface area contributed by atoms with Crippen LogP contribution in [0.4, 0.5) is 0 Å². The van der Waals surface area contributed by atoms with E-state index in [0.717, 1.165) is 12.2 Å². The first-order valence-electron chi connectivity index (χ1n) is 10.8. The van der Waals surface area contributed by atoms with Gasteiger partial charge in [-0.15, -0.1) is 0 Å². The van der Waals surface area contributed by atoms with Crippen LogP contribution in [0, 0.1) is 5.41 Å². The third-order valence-corrected chi connectivity index (χ3v) is 8.21. The quantitative estimate of drug-likeness (QED) is 0.0938. The van der Waals surface area contributed by atoms with Gasteiger partial charge in [0.1, 0.15) is 44.4 Å². The molecule has 192 valence electrons. The van der Waals surface area contributed by atoms with Crippen LogP contribution in [0.5, 0.6) is 0 Å². The van der Waals surface area contributed by atoms with E-state index in [2.05, 4.69) is 103 Å². The van der Waals surface area contributed by atoms with Gasteiger partial charge in [0, 0.05) is 30.4 Å². The molecule has 0 saturated carbocycles. The molecule has 0 aromatic rings. The van der Waals surface area contributed by atoms with E-state index in [1.54, 1.807) is 0 Å². The standard InChI is InChI=1S/C25H28Br4O6/c1-5-21(30)34-13-11-32-19-9-7-17(15-24(19,26)27)23(3,4)18-8-10-20(25(28,29)16-18)33-12-14-35-22(31)6-2/h5-10H,1-2,11-16H2,3-4H3. The number of ether oxygens (including phenoxy) is 4. The maximum absolute atomic E-state index is 11.2. The molecule has 10 heteroatoms. The van der Waals surface area contributed by atoms with Crippen molar-refractivity contribution in [2.24, 2.45) is 5.41 Å². The number of rotatable bonds is 12. The van der Waals surface area contributed by atoms with E-state index in [1.165, 1.54) is 11.1 Å². The Balaban J connectivity index is 2.10. The van der Waals surface area contributed by atoms with Crippen molar-refractivity contribution >= 4 is 75.7 Å². The largest absolute Gasteiger partial charge is 0.492 e. The highest BCUT2D eigenvalue weighted by Crippen LogP contribution is 2.53. The lowest BCUT2D eigenvalue weighted by atomic mass is 9.71. The first kappa shape index (κ1) is 30.1. The van der Waals surface area contributed by atoms with Crippen molar-refractivity contribution in [2.75, 3.05) is 26.4 Å². The lowest BCUT2D eigenvalue weighted by molar-refractivity contribution is -0.139. The Morgan fingerprint density at radius 2 is 1.17 bits per heavy atom. The highest BCUT2D eigenvalue weighted by atomic mass is 79.9. The molecule has 35 heavy (non-hydrogen) atoms. The number of hydrogen-bond acceptors (Lipinski definition) is 6. The van der Waals surface area contributed by atoms with E-state index in [4.69, 9.17) is 18.9 Å². The minimum Gasteiger partial charge on any atom is -0.492 e. The molecule has 0 amide bonds. The second kappa shape index (κ2) is 12.9. The van der Waals surface area contributed by atoms with Crippen molar-refractivity contribution in [3.8, 4) is 0 Å². The minimum atomic E-state index is -0.577. The summed E-state index contributed by atoms with van der Waals surface area (Å²) in [6, 6.07) is 0. The van der Waals surface area contributed by atoms with Gasteiger partial charge in [-0.05, 0) is 12.2 Å². The van der Waals surface area contributed by atoms with Gasteiger partial charge >= 0.3 is 11.9 Å². The molecule has 0 aromatic carbocycles. The van der Waals surface area contributed by atoms with Crippen LogP contribution in [0.3, 0.4) is 0 Å². The fraction of sp³-hybridized carbons (Fsp3) is 0.440. The van der Waals surface area contributed by atoms with Gasteiger partial charge in [-0.3, -0.25) is 0 Å². The summed E-state index contributed by atoms with van der Waals surface area (Å²) in [5.74, 6) is 0.446. The van der Waals surface area contributed by atoms with Gasteiger partial charge in [0.05, 0.1) is 0 Å². The first-order valence-corrected chi connectivity index (χ1v) is 13.9. The van der Waals surface area contributed by atoms with Crippen LogP contribution in [0.15, 0.2) is 72.3 Å². The lowest BCUT2D eigenvalue weighted by Crippen LogP contribution is -2.32. The Morgan fingerprint density at radius 1 is 0.800 bits per heavy atom. The molecule has 0 bridgehead atoms. The highest BCUT2D eigenvalue weighted by Gasteiger charge is 2.43. The molecule has 0 N–H and O–H groups in total. The van der Waals surface area contributed by atoms with Crippen molar-refractivity contribution in [2.45, 2.75) is 33.2 Å². The Bertz CT molecular complexity index is 896. The Hall–Kier alpha value is -1.10. The molecule has 6 nitrogen and oxygen atoms in total. The van der Waals surface area contributed by atoms with Crippen LogP contribution in [0.2, 0.25) is 0 Å². The van der Waals surface area contributed by atoms with Crippen molar-refractivity contribution in [1.82, 2.24) is 0 Å². The monoisotopic (exact) mass is 740 g/mol. The molecule has 2 rings (SSSR count). The van der Waals surface area contributed by atoms with Gasteiger partial charge in [0.15, 0.2) is 0 Å². The van der Waals surface area contributed by atoms with Gasteiger partial charge in [-0.2, -0.15) is 0 Å². The second-order valence-corrected chi connectivity index (χ2v) is 15.8. The zero-order chi connectivity index (χ0) is 26.3. The van der Waals surface area contributed by atoms with Crippen LogP contribution >= 0.6 is 63.7 Å². The third-order valence-electron chi connectivity index (χ3n) is 5.53. The Kier molecular flexibility index (Phi) is 11.1. The molecule has 0 fully saturated rings. The molecule has 0 spiro atoms. The van der Waals surface area contributed by atoms with E-state index in [1.807, 2.05) is 12.2 Å². The molecule has 0 saturated heterocycles. The number of carbonyl (C=O) groups is 2. The molecule has 0 unspecified atom stereocenters. The van der Waals surface area contributed by atoms with Crippen molar-refractivity contribution in [3.63, 3.8) is 0 Å². The van der Waals surface area contributed by atoms with Crippen molar-refractivity contribution in [1.29, 1.82) is 0 Å². The summed E-state index contributed by atoms with van der Waals surface area (Å²) in [5.41, 5.74) is 2.14. The maximum atomic E-state index is 11.2. The zero-order valence-corrected chi connectivity index (χ0v) is 25.9. The molecule has 0 aromatic heterocycles. The zero-order valence-electron chi connectivity index (χ0n) is 19.6. The molecule has 2 aliphatic carbocycles. The summed E-state index contributed by atoms with van der Waals surface area (Å²) in [7, 11) is 0. The summed E-state index contributed by atoms with van der Waals surface area (Å²) in [6.45, 7) is 11.8. The second-order valence-electron chi connectivity index (χ2n) is 8.27. The summed E-state index contributed by atoms with van der Waals surface area (Å²) in [5, 5.41) is 0. The Morgan fingerprint density at radius 3 is 1.49 bits per heavy atom. The van der Waals surface area contributed by atoms with Crippen molar-refractivity contribution in [3.05, 3.63) is 72.3 Å². The molecule has 0 atom stereocenters. The first-order chi connectivity index (χ1) is 16.3. The number of carbonyl (C=O) groups excluding carboxylic acids is 2. The molecule has 0 heterocycles. The van der Waals surface area contributed by atoms with E-state index in [-0.39, 0.29) is 31.8 Å². The van der Waals surface area contributed by atoms with Crippen molar-refractivity contribution < 1.29 is 28.5 Å². The van der Waals surface area contributed by atoms with E-state index in [0.29, 0.717) is 24.4 Å². The maximum Gasteiger partial charge on any atom is 0.330 e. The number of hydrogen-bond donors (Lipinski definition) is 0. The van der Waals surface area contributed by atoms with E-state index in [9.17, 15) is 9.59 Å². The molecule has 0 aliphatic heterocycles. The summed E-state index contributed by atoms with van der Waals surface area (Å²) in [4.78, 5) is 22.4. The van der Waals surface area contributed by atoms with Gasteiger partial charge < -0.3 is 18.9 Å². The van der Waals surface area contributed by atoms with Gasteiger partial charge in [0.2, 0.25) is 0 Å². The number of halogens is 4. The predicted octanol–water partition coefficient (Wildman–Crippen LogP) is 6.90. The average Bonchev–Trinajstić information content (AvgIpc) is 2.79. The number of esters is 2. The molecule has 0 radical (unpaired) electrons. The van der Waals surface area contributed by atoms with Crippen LogP contribution in [0.1, 0.15) is 26.7 Å². The fourth-order valence-corrected chi connectivity index (χ4v) is 5.64. The Labute approximate surface area is 240 Å². The minimum absolute atomic E-state index is 0.138. The highest BCUT2D eigenvalue weighted by molar-refractivity contribution is 9.25. The molecule has 2 aliphatic rings. The van der Waals surface area contributed by atoms with Crippen LogP contribution in [-0.4, -0.2) is 44.8 Å². The van der Waals surface area contributed by atoms with Crippen LogP contribution < -0.4 is 0 Å². The number of alkyl halides is 4. The van der Waals surface area contributed by atoms with Gasteiger partial charge in [-0.25, -0.2) is 9.59 Å². The van der Waals surface area contributed by atoms with Gasteiger partial charge in [-0.1, -0.05) is 114 Å². The fourth-order valence-electron chi connectivity index (χ4n) is 3.44. The molecular weight excluding hydrogens is 716 g/mol. The summed E-state index contributed by atoms with van der Waals surface area (Å²) < 4.78 is 20.4. The van der Waals surface area contributed by atoms with Crippen LogP contribution in [0.25, 0.3) is 0 Å². The van der Waals surface area contributed by atoms with Gasteiger partial charge in [0.25, 0.3) is 0 Å². The molecular formula is C25H28Br4O6. The summed E-state index contributed by atoms with van der Waals surface area (Å²) >= 11 is 15.0. The van der Waals surface area contributed by atoms with E-state index < -0.39 is 18.4 Å². The number of allylic oxidation sites excluding steroid dienone is 8. The smallest absolute Gasteiger partial charge is 0.330 e. The third kappa shape index (κ3) is 8.47. The topological polar surface area (TPSA) is 71.1 Å². The summed E-state index contributed by atoms with van der Waals surface area (Å²) in [6.07, 6.45) is 11.6. The lowest BCUT2D eigenvalue weighted by Gasteiger charge is -2.40. The normalized spacial score (nSPS) is 18.7. The average molecular weight is 744 g/mol. The SMILES string of the molecule is C=CC(=O)OCCOC1=CC=C(C(C)(C)C2=CC=C(OCCOC(=O)C=C)C(Br)(Br)C2)CC1(Br)Br. The van der Waals surface area contributed by atoms with E-state index >= 15 is 0 Å². The predicted molar refractivity (Wildman–Crippen MR) is 151 cm³/mol. The van der Waals surface area contributed by atoms with Crippen LogP contribution in [-0.2, 0) is 28.5 Å².